The summed E-state index contributed by atoms with van der Waals surface area (Å²) in [6, 6.07) is 3.98. The number of rotatable bonds is 3. The van der Waals surface area contributed by atoms with Crippen LogP contribution in [-0.2, 0) is 14.8 Å². The average molecular weight is 311 g/mol. The minimum atomic E-state index is -3.77. The molecule has 1 aliphatic heterocycles. The van der Waals surface area contributed by atoms with Crippen molar-refractivity contribution < 1.29 is 18.3 Å². The van der Waals surface area contributed by atoms with E-state index < -0.39 is 22.0 Å². The molecule has 1 saturated heterocycles. The molecule has 2 rings (SSSR count). The molecule has 0 radical (unpaired) electrons. The lowest BCUT2D eigenvalue weighted by atomic mass is 10.1. The van der Waals surface area contributed by atoms with Gasteiger partial charge in [-0.05, 0) is 49.9 Å². The Bertz CT molecular complexity index is 639. The molecule has 1 fully saturated rings. The molecule has 1 heterocycles. The molecule has 0 spiro atoms. The Morgan fingerprint density at radius 2 is 1.90 bits per heavy atom. The number of sulfonamides is 1. The second kappa shape index (κ2) is 6.15. The van der Waals surface area contributed by atoms with E-state index in [9.17, 15) is 18.3 Å². The summed E-state index contributed by atoms with van der Waals surface area (Å²) in [7, 11) is -3.77. The van der Waals surface area contributed by atoms with E-state index in [2.05, 4.69) is 0 Å². The monoisotopic (exact) mass is 311 g/mol. The van der Waals surface area contributed by atoms with Gasteiger partial charge in [0.1, 0.15) is 6.04 Å². The van der Waals surface area contributed by atoms with Crippen molar-refractivity contribution in [2.75, 3.05) is 6.54 Å². The highest BCUT2D eigenvalue weighted by atomic mass is 32.2. The van der Waals surface area contributed by atoms with E-state index in [1.54, 1.807) is 18.2 Å². The van der Waals surface area contributed by atoms with Crippen LogP contribution in [0.25, 0.3) is 0 Å². The van der Waals surface area contributed by atoms with Crippen LogP contribution in [0.15, 0.2) is 23.1 Å². The van der Waals surface area contributed by atoms with E-state index >= 15 is 0 Å². The minimum Gasteiger partial charge on any atom is -0.480 e. The van der Waals surface area contributed by atoms with Crippen LogP contribution in [0.4, 0.5) is 0 Å². The quantitative estimate of drug-likeness (QED) is 0.929. The molecule has 0 aliphatic carbocycles. The predicted octanol–water partition coefficient (Wildman–Crippen LogP) is 2.32. The molecule has 0 bridgehead atoms. The molecule has 0 aromatic heterocycles. The molecule has 1 N–H and O–H groups in total. The minimum absolute atomic E-state index is 0.179. The fourth-order valence-corrected chi connectivity index (χ4v) is 4.36. The Kier molecular flexibility index (Phi) is 4.68. The van der Waals surface area contributed by atoms with Crippen molar-refractivity contribution in [2.24, 2.45) is 0 Å². The Labute approximate surface area is 125 Å². The molecular weight excluding hydrogens is 290 g/mol. The van der Waals surface area contributed by atoms with Crippen molar-refractivity contribution in [2.45, 2.75) is 50.5 Å². The summed E-state index contributed by atoms with van der Waals surface area (Å²) in [5, 5.41) is 9.34. The number of carboxylic acid groups (broad SMARTS) is 1. The maximum absolute atomic E-state index is 12.8. The van der Waals surface area contributed by atoms with Gasteiger partial charge in [0.2, 0.25) is 10.0 Å². The van der Waals surface area contributed by atoms with Crippen molar-refractivity contribution in [1.82, 2.24) is 4.31 Å². The lowest BCUT2D eigenvalue weighted by Crippen LogP contribution is -2.44. The molecule has 5 nitrogen and oxygen atoms in total. The van der Waals surface area contributed by atoms with Crippen molar-refractivity contribution in [3.63, 3.8) is 0 Å². The third-order valence-corrected chi connectivity index (χ3v) is 5.98. The van der Waals surface area contributed by atoms with Crippen molar-refractivity contribution in [3.05, 3.63) is 29.3 Å². The molecule has 21 heavy (non-hydrogen) atoms. The maximum Gasteiger partial charge on any atom is 0.322 e. The first-order chi connectivity index (χ1) is 9.84. The second-order valence-corrected chi connectivity index (χ2v) is 7.46. The fraction of sp³-hybridized carbons (Fsp3) is 0.533. The smallest absolute Gasteiger partial charge is 0.322 e. The van der Waals surface area contributed by atoms with Crippen LogP contribution >= 0.6 is 0 Å². The molecule has 1 aromatic rings. The second-order valence-electron chi connectivity index (χ2n) is 5.57. The fourth-order valence-electron chi connectivity index (χ4n) is 2.63. The van der Waals surface area contributed by atoms with E-state index in [0.717, 1.165) is 28.3 Å². The molecular formula is C15H21NO4S. The molecule has 116 valence electrons. The van der Waals surface area contributed by atoms with Gasteiger partial charge >= 0.3 is 5.97 Å². The van der Waals surface area contributed by atoms with Gasteiger partial charge in [-0.1, -0.05) is 18.9 Å². The number of aryl methyl sites for hydroxylation is 2. The number of benzene rings is 1. The van der Waals surface area contributed by atoms with Crippen LogP contribution in [0.2, 0.25) is 0 Å². The third-order valence-electron chi connectivity index (χ3n) is 4.07. The van der Waals surface area contributed by atoms with Crippen molar-refractivity contribution in [3.8, 4) is 0 Å². The van der Waals surface area contributed by atoms with E-state index in [0.29, 0.717) is 12.8 Å². The first-order valence-corrected chi connectivity index (χ1v) is 8.60. The summed E-state index contributed by atoms with van der Waals surface area (Å²) in [6.07, 6.45) is 2.69. The largest absolute Gasteiger partial charge is 0.480 e. The van der Waals surface area contributed by atoms with E-state index in [1.165, 1.54) is 0 Å². The van der Waals surface area contributed by atoms with Gasteiger partial charge in [0.25, 0.3) is 0 Å². The topological polar surface area (TPSA) is 74.7 Å². The standard InChI is InChI=1S/C15H21NO4S/c1-11-7-8-13(10-12(11)2)21(19,20)16-9-5-3-4-6-14(16)15(17)18/h7-8,10,14H,3-6,9H2,1-2H3,(H,17,18). The van der Waals surface area contributed by atoms with E-state index in [4.69, 9.17) is 0 Å². The average Bonchev–Trinajstić information content (AvgIpc) is 2.67. The number of carbonyl (C=O) groups is 1. The summed E-state index contributed by atoms with van der Waals surface area (Å²) in [4.78, 5) is 11.6. The lowest BCUT2D eigenvalue weighted by molar-refractivity contribution is -0.141. The zero-order valence-electron chi connectivity index (χ0n) is 12.4. The zero-order chi connectivity index (χ0) is 15.6. The molecule has 0 saturated carbocycles. The Balaban J connectivity index is 2.43. The molecule has 1 unspecified atom stereocenters. The summed E-state index contributed by atoms with van der Waals surface area (Å²) in [6.45, 7) is 4.04. The van der Waals surface area contributed by atoms with Gasteiger partial charge in [-0.3, -0.25) is 4.79 Å². The Morgan fingerprint density at radius 3 is 2.52 bits per heavy atom. The summed E-state index contributed by atoms with van der Waals surface area (Å²) >= 11 is 0. The molecule has 1 aliphatic rings. The number of aliphatic carboxylic acids is 1. The van der Waals surface area contributed by atoms with Gasteiger partial charge in [0.05, 0.1) is 4.90 Å². The predicted molar refractivity (Wildman–Crippen MR) is 79.7 cm³/mol. The van der Waals surface area contributed by atoms with Crippen LogP contribution in [-0.4, -0.2) is 36.4 Å². The van der Waals surface area contributed by atoms with Crippen LogP contribution in [0.1, 0.15) is 36.8 Å². The first kappa shape index (κ1) is 16.0. The van der Waals surface area contributed by atoms with Gasteiger partial charge in [-0.25, -0.2) is 8.42 Å². The SMILES string of the molecule is Cc1ccc(S(=O)(=O)N2CCCCCC2C(=O)O)cc1C. The highest BCUT2D eigenvalue weighted by molar-refractivity contribution is 7.89. The van der Waals surface area contributed by atoms with Crippen LogP contribution < -0.4 is 0 Å². The van der Waals surface area contributed by atoms with Crippen LogP contribution in [0.5, 0.6) is 0 Å². The lowest BCUT2D eigenvalue weighted by Gasteiger charge is -2.26. The van der Waals surface area contributed by atoms with Crippen LogP contribution in [0, 0.1) is 13.8 Å². The summed E-state index contributed by atoms with van der Waals surface area (Å²) < 4.78 is 26.7. The van der Waals surface area contributed by atoms with Crippen molar-refractivity contribution >= 4 is 16.0 Å². The Morgan fingerprint density at radius 1 is 1.19 bits per heavy atom. The van der Waals surface area contributed by atoms with Gasteiger partial charge in [-0.15, -0.1) is 0 Å². The van der Waals surface area contributed by atoms with Gasteiger partial charge in [0, 0.05) is 6.54 Å². The zero-order valence-corrected chi connectivity index (χ0v) is 13.2. The van der Waals surface area contributed by atoms with E-state index in [-0.39, 0.29) is 11.4 Å². The maximum atomic E-state index is 12.8. The van der Waals surface area contributed by atoms with Gasteiger partial charge in [0.15, 0.2) is 0 Å². The number of nitrogens with zero attached hydrogens (tertiary/aromatic N) is 1. The summed E-state index contributed by atoms with van der Waals surface area (Å²) in [5.41, 5.74) is 1.90. The van der Waals surface area contributed by atoms with Crippen LogP contribution in [0.3, 0.4) is 0 Å². The number of hydrogen-bond acceptors (Lipinski definition) is 3. The normalized spacial score (nSPS) is 21.0. The van der Waals surface area contributed by atoms with Gasteiger partial charge in [-0.2, -0.15) is 4.31 Å². The molecule has 6 heteroatoms. The number of hydrogen-bond donors (Lipinski definition) is 1. The first-order valence-electron chi connectivity index (χ1n) is 7.16. The Hall–Kier alpha value is -1.40. The molecule has 1 aromatic carbocycles. The van der Waals surface area contributed by atoms with E-state index in [1.807, 2.05) is 13.8 Å². The number of carboxylic acids is 1. The molecule has 1 atom stereocenters. The third kappa shape index (κ3) is 3.27. The highest BCUT2D eigenvalue weighted by Gasteiger charge is 2.36. The summed E-state index contributed by atoms with van der Waals surface area (Å²) in [5.74, 6) is -1.07. The molecule has 0 amide bonds. The van der Waals surface area contributed by atoms with Crippen molar-refractivity contribution in [1.29, 1.82) is 0 Å². The highest BCUT2D eigenvalue weighted by Crippen LogP contribution is 2.26. The van der Waals surface area contributed by atoms with Gasteiger partial charge < -0.3 is 5.11 Å².